The molecule has 4 nitrogen and oxygen atoms in total. The lowest BCUT2D eigenvalue weighted by molar-refractivity contribution is 0.112. The van der Waals surface area contributed by atoms with E-state index in [2.05, 4.69) is 17.3 Å². The molecule has 3 atom stereocenters. The van der Waals surface area contributed by atoms with E-state index < -0.39 is 0 Å². The fraction of sp³-hybridized carbons (Fsp3) is 1.00. The number of ether oxygens (including phenoxy) is 1. The van der Waals surface area contributed by atoms with Crippen LogP contribution >= 0.6 is 0 Å². The lowest BCUT2D eigenvalue weighted by Crippen LogP contribution is -2.50. The van der Waals surface area contributed by atoms with Gasteiger partial charge in [0.2, 0.25) is 0 Å². The second kappa shape index (κ2) is 6.33. The summed E-state index contributed by atoms with van der Waals surface area (Å²) < 4.78 is 5.44. The van der Waals surface area contributed by atoms with Crippen molar-refractivity contribution >= 4 is 0 Å². The van der Waals surface area contributed by atoms with Gasteiger partial charge < -0.3 is 20.1 Å². The zero-order valence-corrected chi connectivity index (χ0v) is 11.8. The number of nitrogens with one attached hydrogen (secondary N) is 1. The Morgan fingerprint density at radius 2 is 2.28 bits per heavy atom. The number of nitrogens with zero attached hydrogens (tertiary/aromatic N) is 1. The molecule has 1 aliphatic carbocycles. The molecule has 2 fully saturated rings. The topological polar surface area (TPSA) is 44.7 Å². The van der Waals surface area contributed by atoms with Crippen molar-refractivity contribution in [2.24, 2.45) is 5.92 Å². The van der Waals surface area contributed by atoms with Crippen LogP contribution in [-0.4, -0.2) is 62.0 Å². The third kappa shape index (κ3) is 2.87. The Labute approximate surface area is 111 Å². The van der Waals surface area contributed by atoms with Crippen molar-refractivity contribution in [1.29, 1.82) is 0 Å². The van der Waals surface area contributed by atoms with Crippen LogP contribution in [0.5, 0.6) is 0 Å². The number of likely N-dealkylation sites (N-methyl/N-ethyl adjacent to an activating group) is 2. The molecule has 0 amide bonds. The Morgan fingerprint density at radius 3 is 2.89 bits per heavy atom. The molecule has 0 aromatic carbocycles. The second-order valence-electron chi connectivity index (χ2n) is 5.94. The number of rotatable bonds is 6. The molecule has 0 spiro atoms. The molecule has 106 valence electrons. The molecule has 18 heavy (non-hydrogen) atoms. The van der Waals surface area contributed by atoms with Crippen molar-refractivity contribution in [3.8, 4) is 0 Å². The summed E-state index contributed by atoms with van der Waals surface area (Å²) in [6.07, 6.45) is 5.94. The van der Waals surface area contributed by atoms with Crippen molar-refractivity contribution in [2.75, 3.05) is 40.5 Å². The van der Waals surface area contributed by atoms with E-state index in [0.29, 0.717) is 12.0 Å². The van der Waals surface area contributed by atoms with Crippen LogP contribution in [0.25, 0.3) is 0 Å². The fourth-order valence-corrected chi connectivity index (χ4v) is 3.59. The van der Waals surface area contributed by atoms with E-state index in [1.54, 1.807) is 0 Å². The maximum Gasteiger partial charge on any atom is 0.0622 e. The highest BCUT2D eigenvalue weighted by Gasteiger charge is 2.40. The van der Waals surface area contributed by atoms with Crippen LogP contribution in [0.4, 0.5) is 0 Å². The molecule has 1 heterocycles. The maximum atomic E-state index is 9.67. The first-order valence-corrected chi connectivity index (χ1v) is 7.29. The van der Waals surface area contributed by atoms with Gasteiger partial charge in [0, 0.05) is 18.2 Å². The third-order valence-corrected chi connectivity index (χ3v) is 5.10. The molecule has 2 N–H and O–H groups in total. The summed E-state index contributed by atoms with van der Waals surface area (Å²) in [7, 11) is 4.19. The van der Waals surface area contributed by atoms with Crippen LogP contribution in [0, 0.1) is 5.92 Å². The normalized spacial score (nSPS) is 36.7. The van der Waals surface area contributed by atoms with E-state index in [1.807, 2.05) is 7.05 Å². The third-order valence-electron chi connectivity index (χ3n) is 5.10. The summed E-state index contributed by atoms with van der Waals surface area (Å²) in [5.74, 6) is 0.609. The maximum absolute atomic E-state index is 9.67. The molecule has 1 saturated heterocycles. The molecule has 0 bridgehead atoms. The molecule has 2 aliphatic rings. The number of aliphatic hydroxyl groups is 1. The average molecular weight is 256 g/mol. The minimum Gasteiger partial charge on any atom is -0.394 e. The first kappa shape index (κ1) is 14.3. The van der Waals surface area contributed by atoms with Gasteiger partial charge in [0.15, 0.2) is 0 Å². The smallest absolute Gasteiger partial charge is 0.0622 e. The summed E-state index contributed by atoms with van der Waals surface area (Å²) >= 11 is 0. The van der Waals surface area contributed by atoms with E-state index in [-0.39, 0.29) is 12.1 Å². The van der Waals surface area contributed by atoms with Crippen molar-refractivity contribution in [3.63, 3.8) is 0 Å². The zero-order chi connectivity index (χ0) is 13.0. The van der Waals surface area contributed by atoms with Gasteiger partial charge in [0.1, 0.15) is 0 Å². The van der Waals surface area contributed by atoms with Gasteiger partial charge >= 0.3 is 0 Å². The molecule has 0 radical (unpaired) electrons. The Balaban J connectivity index is 1.81. The van der Waals surface area contributed by atoms with Crippen LogP contribution in [0.2, 0.25) is 0 Å². The van der Waals surface area contributed by atoms with Crippen LogP contribution in [0.3, 0.4) is 0 Å². The van der Waals surface area contributed by atoms with Gasteiger partial charge in [-0.2, -0.15) is 0 Å². The van der Waals surface area contributed by atoms with E-state index in [4.69, 9.17) is 4.74 Å². The Morgan fingerprint density at radius 1 is 1.44 bits per heavy atom. The highest BCUT2D eigenvalue weighted by molar-refractivity contribution is 4.98. The molecular formula is C14H28N2O2. The first-order chi connectivity index (χ1) is 8.72. The van der Waals surface area contributed by atoms with E-state index in [9.17, 15) is 5.11 Å². The van der Waals surface area contributed by atoms with Gasteiger partial charge in [-0.1, -0.05) is 6.42 Å². The highest BCUT2D eigenvalue weighted by Crippen LogP contribution is 2.37. The SMILES string of the molecule is CNC1(CO)CCCC1CCN(C)C1CCOC1. The number of hydrogen-bond donors (Lipinski definition) is 2. The Bertz CT molecular complexity index is 250. The minimum absolute atomic E-state index is 0.0208. The minimum atomic E-state index is -0.0208. The van der Waals surface area contributed by atoms with Gasteiger partial charge in [-0.15, -0.1) is 0 Å². The lowest BCUT2D eigenvalue weighted by Gasteiger charge is -2.35. The molecule has 0 aromatic heterocycles. The van der Waals surface area contributed by atoms with Crippen LogP contribution < -0.4 is 5.32 Å². The van der Waals surface area contributed by atoms with Gasteiger partial charge in [0.05, 0.1) is 13.2 Å². The predicted molar refractivity (Wildman–Crippen MR) is 72.7 cm³/mol. The van der Waals surface area contributed by atoms with Crippen LogP contribution in [0.15, 0.2) is 0 Å². The van der Waals surface area contributed by atoms with Crippen LogP contribution in [-0.2, 0) is 4.74 Å². The number of aliphatic hydroxyl groups excluding tert-OH is 1. The quantitative estimate of drug-likeness (QED) is 0.739. The average Bonchev–Trinajstić information content (AvgIpc) is 3.05. The summed E-state index contributed by atoms with van der Waals surface area (Å²) in [5, 5.41) is 13.0. The molecule has 3 unspecified atom stereocenters. The molecular weight excluding hydrogens is 228 g/mol. The van der Waals surface area contributed by atoms with E-state index in [1.165, 1.54) is 25.7 Å². The van der Waals surface area contributed by atoms with Gasteiger partial charge in [-0.25, -0.2) is 0 Å². The summed E-state index contributed by atoms with van der Waals surface area (Å²) in [4.78, 5) is 2.43. The van der Waals surface area contributed by atoms with E-state index >= 15 is 0 Å². The monoisotopic (exact) mass is 256 g/mol. The van der Waals surface area contributed by atoms with Crippen molar-refractivity contribution in [3.05, 3.63) is 0 Å². The largest absolute Gasteiger partial charge is 0.394 e. The fourth-order valence-electron chi connectivity index (χ4n) is 3.59. The van der Waals surface area contributed by atoms with E-state index in [0.717, 1.165) is 26.2 Å². The number of hydrogen-bond acceptors (Lipinski definition) is 4. The van der Waals surface area contributed by atoms with Crippen molar-refractivity contribution in [1.82, 2.24) is 10.2 Å². The predicted octanol–water partition coefficient (Wildman–Crippen LogP) is 0.848. The molecule has 0 aromatic rings. The van der Waals surface area contributed by atoms with Gasteiger partial charge in [0.25, 0.3) is 0 Å². The molecule has 1 saturated carbocycles. The van der Waals surface area contributed by atoms with Gasteiger partial charge in [-0.3, -0.25) is 0 Å². The molecule has 4 heteroatoms. The molecule has 2 rings (SSSR count). The summed E-state index contributed by atoms with van der Waals surface area (Å²) in [6.45, 7) is 3.18. The highest BCUT2D eigenvalue weighted by atomic mass is 16.5. The zero-order valence-electron chi connectivity index (χ0n) is 11.8. The Kier molecular flexibility index (Phi) is 5.01. The summed E-state index contributed by atoms with van der Waals surface area (Å²) in [6, 6.07) is 0.601. The molecule has 1 aliphatic heterocycles. The van der Waals surface area contributed by atoms with Crippen molar-refractivity contribution in [2.45, 2.75) is 43.7 Å². The first-order valence-electron chi connectivity index (χ1n) is 7.29. The Hall–Kier alpha value is -0.160. The van der Waals surface area contributed by atoms with Gasteiger partial charge in [-0.05, 0) is 52.2 Å². The standard InChI is InChI=1S/C14H28N2O2/c1-15-14(11-17)7-3-4-12(14)5-8-16(2)13-6-9-18-10-13/h12-13,15,17H,3-11H2,1-2H3. The summed E-state index contributed by atoms with van der Waals surface area (Å²) in [5.41, 5.74) is -0.0208. The van der Waals surface area contributed by atoms with Crippen LogP contribution in [0.1, 0.15) is 32.1 Å². The second-order valence-corrected chi connectivity index (χ2v) is 5.94. The lowest BCUT2D eigenvalue weighted by atomic mass is 9.85. The van der Waals surface area contributed by atoms with Crippen molar-refractivity contribution < 1.29 is 9.84 Å².